The van der Waals surface area contributed by atoms with E-state index in [9.17, 15) is 4.79 Å². The maximum Gasteiger partial charge on any atom is 0.306 e. The molecular weight excluding hydrogens is 250 g/mol. The molecule has 0 heterocycles. The fraction of sp³-hybridized carbons (Fsp3) is 0.588. The largest absolute Gasteiger partial charge is 0.462 e. The van der Waals surface area contributed by atoms with Crippen molar-refractivity contribution in [3.8, 4) is 0 Å². The molecule has 3 nitrogen and oxygen atoms in total. The van der Waals surface area contributed by atoms with Crippen LogP contribution in [0, 0.1) is 0 Å². The second-order valence-electron chi connectivity index (χ2n) is 5.88. The smallest absolute Gasteiger partial charge is 0.306 e. The van der Waals surface area contributed by atoms with Crippen LogP contribution < -0.4 is 5.73 Å². The second-order valence-corrected chi connectivity index (χ2v) is 5.88. The van der Waals surface area contributed by atoms with Crippen molar-refractivity contribution in [3.05, 3.63) is 29.8 Å². The summed E-state index contributed by atoms with van der Waals surface area (Å²) >= 11 is 0. The zero-order valence-electron chi connectivity index (χ0n) is 12.3. The molecule has 0 aromatic heterocycles. The maximum atomic E-state index is 12.0. The van der Waals surface area contributed by atoms with Crippen molar-refractivity contribution < 1.29 is 9.53 Å². The molecule has 1 atom stereocenters. The Balaban J connectivity index is 1.82. The number of benzene rings is 1. The number of esters is 1. The zero-order valence-corrected chi connectivity index (χ0v) is 12.3. The molecule has 2 rings (SSSR count). The summed E-state index contributed by atoms with van der Waals surface area (Å²) in [6, 6.07) is 7.72. The van der Waals surface area contributed by atoms with Gasteiger partial charge in [0.05, 0.1) is 6.42 Å². The van der Waals surface area contributed by atoms with Gasteiger partial charge in [-0.1, -0.05) is 31.9 Å². The lowest BCUT2D eigenvalue weighted by atomic mass is 9.97. The molecule has 2 N–H and O–H groups in total. The fourth-order valence-electron chi connectivity index (χ4n) is 2.79. The molecule has 1 aromatic carbocycles. The van der Waals surface area contributed by atoms with Crippen LogP contribution >= 0.6 is 0 Å². The third-order valence-corrected chi connectivity index (χ3v) is 4.08. The van der Waals surface area contributed by atoms with E-state index in [0.717, 1.165) is 24.1 Å². The van der Waals surface area contributed by atoms with E-state index in [1.54, 1.807) is 0 Å². The van der Waals surface area contributed by atoms with Gasteiger partial charge in [0.15, 0.2) is 0 Å². The molecule has 0 spiro atoms. The first-order valence-corrected chi connectivity index (χ1v) is 7.70. The van der Waals surface area contributed by atoms with Crippen molar-refractivity contribution in [1.29, 1.82) is 0 Å². The highest BCUT2D eigenvalue weighted by Gasteiger charge is 2.18. The van der Waals surface area contributed by atoms with E-state index in [1.807, 2.05) is 24.3 Å². The SMILES string of the molecule is CC(CC(=O)OC1CCCCCC1)c1ccc(N)cc1. The molecule has 110 valence electrons. The van der Waals surface area contributed by atoms with Crippen molar-refractivity contribution in [2.24, 2.45) is 0 Å². The highest BCUT2D eigenvalue weighted by molar-refractivity contribution is 5.70. The highest BCUT2D eigenvalue weighted by atomic mass is 16.5. The van der Waals surface area contributed by atoms with Gasteiger partial charge in [0.1, 0.15) is 6.10 Å². The minimum atomic E-state index is -0.0683. The summed E-state index contributed by atoms with van der Waals surface area (Å²) in [5.74, 6) is 0.107. The Morgan fingerprint density at radius 1 is 1.20 bits per heavy atom. The molecule has 3 heteroatoms. The van der Waals surface area contributed by atoms with E-state index in [0.29, 0.717) is 6.42 Å². The first-order valence-electron chi connectivity index (χ1n) is 7.70. The molecular formula is C17H25NO2. The van der Waals surface area contributed by atoms with Gasteiger partial charge in [0.2, 0.25) is 0 Å². The van der Waals surface area contributed by atoms with Crippen LogP contribution in [0.25, 0.3) is 0 Å². The first kappa shape index (κ1) is 14.9. The lowest BCUT2D eigenvalue weighted by Crippen LogP contribution is -2.18. The van der Waals surface area contributed by atoms with Crippen LogP contribution in [0.4, 0.5) is 5.69 Å². The Morgan fingerprint density at radius 2 is 1.80 bits per heavy atom. The Hall–Kier alpha value is -1.51. The standard InChI is InChI=1S/C17H25NO2/c1-13(14-8-10-15(18)11-9-14)12-17(19)20-16-6-4-2-3-5-7-16/h8-11,13,16H,2-7,12,18H2,1H3. The number of carbonyl (C=O) groups is 1. The summed E-state index contributed by atoms with van der Waals surface area (Å²) < 4.78 is 5.62. The molecule has 1 unspecified atom stereocenters. The lowest BCUT2D eigenvalue weighted by molar-refractivity contribution is -0.150. The Kier molecular flexibility index (Phi) is 5.45. The van der Waals surface area contributed by atoms with E-state index < -0.39 is 0 Å². The van der Waals surface area contributed by atoms with E-state index >= 15 is 0 Å². The molecule has 20 heavy (non-hydrogen) atoms. The van der Waals surface area contributed by atoms with E-state index in [1.165, 1.54) is 25.7 Å². The summed E-state index contributed by atoms with van der Waals surface area (Å²) in [5, 5.41) is 0. The number of rotatable bonds is 4. The summed E-state index contributed by atoms with van der Waals surface area (Å²) in [6.07, 6.45) is 7.57. The van der Waals surface area contributed by atoms with Crippen LogP contribution in [0.3, 0.4) is 0 Å². The normalized spacial score (nSPS) is 18.2. The monoisotopic (exact) mass is 275 g/mol. The van der Waals surface area contributed by atoms with Gasteiger partial charge in [-0.2, -0.15) is 0 Å². The summed E-state index contributed by atoms with van der Waals surface area (Å²) in [5.41, 5.74) is 7.56. The Bertz CT molecular complexity index is 419. The molecule has 0 aliphatic heterocycles. The highest BCUT2D eigenvalue weighted by Crippen LogP contribution is 2.23. The van der Waals surface area contributed by atoms with Crippen LogP contribution in [0.2, 0.25) is 0 Å². The summed E-state index contributed by atoms with van der Waals surface area (Å²) in [4.78, 5) is 12.0. The van der Waals surface area contributed by atoms with Gasteiger partial charge in [-0.05, 0) is 49.3 Å². The van der Waals surface area contributed by atoms with Crippen molar-refractivity contribution in [2.75, 3.05) is 5.73 Å². The van der Waals surface area contributed by atoms with E-state index in [4.69, 9.17) is 10.5 Å². The van der Waals surface area contributed by atoms with Crippen molar-refractivity contribution in [1.82, 2.24) is 0 Å². The minimum Gasteiger partial charge on any atom is -0.462 e. The number of carbonyl (C=O) groups excluding carboxylic acids is 1. The first-order chi connectivity index (χ1) is 9.65. The molecule has 1 aromatic rings. The van der Waals surface area contributed by atoms with Crippen LogP contribution in [0.5, 0.6) is 0 Å². The third-order valence-electron chi connectivity index (χ3n) is 4.08. The van der Waals surface area contributed by atoms with E-state index in [-0.39, 0.29) is 18.0 Å². The van der Waals surface area contributed by atoms with Gasteiger partial charge in [-0.3, -0.25) is 4.79 Å². The number of hydrogen-bond acceptors (Lipinski definition) is 3. The van der Waals surface area contributed by atoms with Crippen LogP contribution in [-0.4, -0.2) is 12.1 Å². The predicted molar refractivity (Wildman–Crippen MR) is 81.5 cm³/mol. The molecule has 1 fully saturated rings. The summed E-state index contributed by atoms with van der Waals surface area (Å²) in [7, 11) is 0. The molecule has 0 bridgehead atoms. The molecule has 1 aliphatic rings. The van der Waals surface area contributed by atoms with Crippen LogP contribution in [0.15, 0.2) is 24.3 Å². The van der Waals surface area contributed by atoms with Crippen molar-refractivity contribution >= 4 is 11.7 Å². The maximum absolute atomic E-state index is 12.0. The van der Waals surface area contributed by atoms with Gasteiger partial charge in [-0.15, -0.1) is 0 Å². The van der Waals surface area contributed by atoms with Crippen LogP contribution in [0.1, 0.15) is 63.4 Å². The Labute approximate surface area is 121 Å². The third kappa shape index (κ3) is 4.55. The average molecular weight is 275 g/mol. The average Bonchev–Trinajstić information content (AvgIpc) is 2.68. The van der Waals surface area contributed by atoms with Crippen molar-refractivity contribution in [2.45, 2.75) is 63.9 Å². The van der Waals surface area contributed by atoms with Gasteiger partial charge in [0.25, 0.3) is 0 Å². The van der Waals surface area contributed by atoms with Gasteiger partial charge in [-0.25, -0.2) is 0 Å². The fourth-order valence-corrected chi connectivity index (χ4v) is 2.79. The number of hydrogen-bond donors (Lipinski definition) is 1. The minimum absolute atomic E-state index is 0.0683. The number of anilines is 1. The van der Waals surface area contributed by atoms with Gasteiger partial charge >= 0.3 is 5.97 Å². The summed E-state index contributed by atoms with van der Waals surface area (Å²) in [6.45, 7) is 2.06. The molecule has 0 saturated heterocycles. The van der Waals surface area contributed by atoms with Crippen molar-refractivity contribution in [3.63, 3.8) is 0 Å². The molecule has 1 aliphatic carbocycles. The van der Waals surface area contributed by atoms with E-state index in [2.05, 4.69) is 6.92 Å². The lowest BCUT2D eigenvalue weighted by Gasteiger charge is -2.17. The molecule has 1 saturated carbocycles. The molecule has 0 radical (unpaired) electrons. The predicted octanol–water partition coefficient (Wildman–Crippen LogP) is 4.03. The van der Waals surface area contributed by atoms with Gasteiger partial charge in [0, 0.05) is 5.69 Å². The second kappa shape index (κ2) is 7.32. The quantitative estimate of drug-likeness (QED) is 0.513. The number of nitrogens with two attached hydrogens (primary N) is 1. The number of ether oxygens (including phenoxy) is 1. The topological polar surface area (TPSA) is 52.3 Å². The number of nitrogen functional groups attached to an aromatic ring is 1. The van der Waals surface area contributed by atoms with Crippen LogP contribution in [-0.2, 0) is 9.53 Å². The van der Waals surface area contributed by atoms with Gasteiger partial charge < -0.3 is 10.5 Å². The zero-order chi connectivity index (χ0) is 14.4. The Morgan fingerprint density at radius 3 is 2.40 bits per heavy atom. The molecule has 0 amide bonds.